The van der Waals surface area contributed by atoms with Crippen molar-refractivity contribution < 1.29 is 9.53 Å². The number of methoxy groups -OCH3 is 1. The van der Waals surface area contributed by atoms with Crippen molar-refractivity contribution in [2.75, 3.05) is 12.4 Å². The number of amides is 1. The van der Waals surface area contributed by atoms with Gasteiger partial charge in [-0.15, -0.1) is 0 Å². The lowest BCUT2D eigenvalue weighted by molar-refractivity contribution is 0.102. The van der Waals surface area contributed by atoms with E-state index in [1.807, 2.05) is 42.5 Å². The first kappa shape index (κ1) is 18.4. The molecule has 0 aliphatic rings. The van der Waals surface area contributed by atoms with Crippen LogP contribution >= 0.6 is 0 Å². The van der Waals surface area contributed by atoms with Crippen LogP contribution in [0.15, 0.2) is 79.4 Å². The van der Waals surface area contributed by atoms with E-state index >= 15 is 0 Å². The highest BCUT2D eigenvalue weighted by atomic mass is 16.5. The summed E-state index contributed by atoms with van der Waals surface area (Å²) in [7, 11) is 1.54. The molecule has 0 saturated carbocycles. The Balaban J connectivity index is 1.65. The number of hydrogen-bond acceptors (Lipinski definition) is 5. The van der Waals surface area contributed by atoms with Crippen LogP contribution < -0.4 is 10.1 Å². The van der Waals surface area contributed by atoms with Gasteiger partial charge in [-0.25, -0.2) is 4.98 Å². The highest BCUT2D eigenvalue weighted by Gasteiger charge is 2.18. The van der Waals surface area contributed by atoms with Gasteiger partial charge in [-0.3, -0.25) is 14.5 Å². The molecule has 4 aromatic rings. The SMILES string of the molecule is COc1ccc(NC(=O)c2cn(Cc3ccccc3)nc2-c2cccnc2)cn1. The van der Waals surface area contributed by atoms with E-state index < -0.39 is 0 Å². The molecule has 0 spiro atoms. The van der Waals surface area contributed by atoms with Crippen molar-refractivity contribution >= 4 is 11.6 Å². The molecule has 0 atom stereocenters. The van der Waals surface area contributed by atoms with Gasteiger partial charge >= 0.3 is 0 Å². The van der Waals surface area contributed by atoms with Gasteiger partial charge < -0.3 is 10.1 Å². The fourth-order valence-electron chi connectivity index (χ4n) is 2.93. The predicted molar refractivity (Wildman–Crippen MR) is 110 cm³/mol. The minimum absolute atomic E-state index is 0.268. The minimum atomic E-state index is -0.268. The molecule has 0 radical (unpaired) electrons. The first-order chi connectivity index (χ1) is 14.2. The summed E-state index contributed by atoms with van der Waals surface area (Å²) in [5, 5.41) is 7.51. The second-order valence-corrected chi connectivity index (χ2v) is 6.36. The second kappa shape index (κ2) is 8.35. The first-order valence-corrected chi connectivity index (χ1v) is 9.06. The average Bonchev–Trinajstić information content (AvgIpc) is 3.19. The van der Waals surface area contributed by atoms with Crippen molar-refractivity contribution in [1.82, 2.24) is 19.7 Å². The summed E-state index contributed by atoms with van der Waals surface area (Å²) in [6, 6.07) is 17.1. The monoisotopic (exact) mass is 385 g/mol. The van der Waals surface area contributed by atoms with Gasteiger partial charge in [-0.1, -0.05) is 30.3 Å². The number of carbonyl (C=O) groups is 1. The van der Waals surface area contributed by atoms with Crippen molar-refractivity contribution in [3.05, 3.63) is 90.5 Å². The lowest BCUT2D eigenvalue weighted by atomic mass is 10.1. The Labute approximate surface area is 168 Å². The second-order valence-electron chi connectivity index (χ2n) is 6.36. The Hall–Kier alpha value is -4.00. The number of benzene rings is 1. The molecule has 0 aliphatic heterocycles. The van der Waals surface area contributed by atoms with Crippen molar-refractivity contribution in [1.29, 1.82) is 0 Å². The molecule has 0 aliphatic carbocycles. The van der Waals surface area contributed by atoms with E-state index in [2.05, 4.69) is 20.4 Å². The molecule has 144 valence electrons. The van der Waals surface area contributed by atoms with Crippen LogP contribution in [0.4, 0.5) is 5.69 Å². The predicted octanol–water partition coefficient (Wildman–Crippen LogP) is 3.65. The molecule has 29 heavy (non-hydrogen) atoms. The van der Waals surface area contributed by atoms with Crippen LogP contribution in [0, 0.1) is 0 Å². The van der Waals surface area contributed by atoms with E-state index in [0.717, 1.165) is 11.1 Å². The quantitative estimate of drug-likeness (QED) is 0.548. The number of carbonyl (C=O) groups excluding carboxylic acids is 1. The summed E-state index contributed by atoms with van der Waals surface area (Å²) in [5.41, 5.74) is 3.48. The molecule has 7 nitrogen and oxygen atoms in total. The van der Waals surface area contributed by atoms with Crippen LogP contribution in [0.5, 0.6) is 5.88 Å². The Kier molecular flexibility index (Phi) is 5.29. The van der Waals surface area contributed by atoms with E-state index in [0.29, 0.717) is 29.4 Å². The zero-order valence-corrected chi connectivity index (χ0v) is 15.8. The van der Waals surface area contributed by atoms with E-state index in [-0.39, 0.29) is 5.91 Å². The number of nitrogens with one attached hydrogen (secondary N) is 1. The van der Waals surface area contributed by atoms with Gasteiger partial charge in [0.05, 0.1) is 31.1 Å². The van der Waals surface area contributed by atoms with Crippen LogP contribution in [0.3, 0.4) is 0 Å². The lowest BCUT2D eigenvalue weighted by Gasteiger charge is -2.06. The standard InChI is InChI=1S/C22H19N5O2/c1-29-20-10-9-18(13-24-20)25-22(28)19-15-27(14-16-6-3-2-4-7-16)26-21(19)17-8-5-11-23-12-17/h2-13,15H,14H2,1H3,(H,25,28). The number of aromatic nitrogens is 4. The Bertz CT molecular complexity index is 1090. The fraction of sp³-hybridized carbons (Fsp3) is 0.0909. The third kappa shape index (κ3) is 4.30. The van der Waals surface area contributed by atoms with Crippen LogP contribution in [0.25, 0.3) is 11.3 Å². The van der Waals surface area contributed by atoms with Gasteiger partial charge in [0.25, 0.3) is 5.91 Å². The molecule has 7 heteroatoms. The lowest BCUT2D eigenvalue weighted by Crippen LogP contribution is -2.12. The topological polar surface area (TPSA) is 81.9 Å². The largest absolute Gasteiger partial charge is 0.481 e. The molecule has 0 saturated heterocycles. The Morgan fingerprint density at radius 3 is 2.62 bits per heavy atom. The molecule has 4 rings (SSSR count). The molecular weight excluding hydrogens is 366 g/mol. The highest BCUT2D eigenvalue weighted by Crippen LogP contribution is 2.23. The Morgan fingerprint density at radius 1 is 1.07 bits per heavy atom. The maximum atomic E-state index is 13.0. The first-order valence-electron chi connectivity index (χ1n) is 9.06. The number of hydrogen-bond donors (Lipinski definition) is 1. The number of nitrogens with zero attached hydrogens (tertiary/aromatic N) is 4. The third-order valence-corrected chi connectivity index (χ3v) is 4.33. The van der Waals surface area contributed by atoms with E-state index in [1.54, 1.807) is 48.7 Å². The zero-order valence-electron chi connectivity index (χ0n) is 15.8. The van der Waals surface area contributed by atoms with Crippen molar-refractivity contribution in [2.24, 2.45) is 0 Å². The molecule has 1 amide bonds. The summed E-state index contributed by atoms with van der Waals surface area (Å²) in [4.78, 5) is 21.3. The maximum absolute atomic E-state index is 13.0. The van der Waals surface area contributed by atoms with Gasteiger partial charge in [0.1, 0.15) is 5.69 Å². The van der Waals surface area contributed by atoms with E-state index in [9.17, 15) is 4.79 Å². The minimum Gasteiger partial charge on any atom is -0.481 e. The molecule has 3 heterocycles. The summed E-state index contributed by atoms with van der Waals surface area (Å²) >= 11 is 0. The van der Waals surface area contributed by atoms with Crippen LogP contribution in [-0.4, -0.2) is 32.8 Å². The molecule has 0 unspecified atom stereocenters. The molecule has 1 N–H and O–H groups in total. The Morgan fingerprint density at radius 2 is 1.93 bits per heavy atom. The zero-order chi connectivity index (χ0) is 20.1. The van der Waals surface area contributed by atoms with Crippen LogP contribution in [0.1, 0.15) is 15.9 Å². The summed E-state index contributed by atoms with van der Waals surface area (Å²) < 4.78 is 6.81. The third-order valence-electron chi connectivity index (χ3n) is 4.33. The van der Waals surface area contributed by atoms with Crippen LogP contribution in [-0.2, 0) is 6.54 Å². The van der Waals surface area contributed by atoms with Gasteiger partial charge in [-0.2, -0.15) is 5.10 Å². The van der Waals surface area contributed by atoms with Crippen molar-refractivity contribution in [2.45, 2.75) is 6.54 Å². The number of anilines is 1. The molecule has 3 aromatic heterocycles. The van der Waals surface area contributed by atoms with Gasteiger partial charge in [0.2, 0.25) is 5.88 Å². The van der Waals surface area contributed by atoms with E-state index in [1.165, 1.54) is 0 Å². The van der Waals surface area contributed by atoms with Gasteiger partial charge in [-0.05, 0) is 23.8 Å². The molecular formula is C22H19N5O2. The smallest absolute Gasteiger partial charge is 0.259 e. The molecule has 0 fully saturated rings. The average molecular weight is 385 g/mol. The normalized spacial score (nSPS) is 10.5. The van der Waals surface area contributed by atoms with Gasteiger partial charge in [0, 0.05) is 30.2 Å². The summed E-state index contributed by atoms with van der Waals surface area (Å²) in [6.45, 7) is 0.561. The number of pyridine rings is 2. The number of rotatable bonds is 6. The van der Waals surface area contributed by atoms with Crippen molar-refractivity contribution in [3.8, 4) is 17.1 Å². The fourth-order valence-corrected chi connectivity index (χ4v) is 2.93. The highest BCUT2D eigenvalue weighted by molar-refractivity contribution is 6.07. The maximum Gasteiger partial charge on any atom is 0.259 e. The van der Waals surface area contributed by atoms with Crippen molar-refractivity contribution in [3.63, 3.8) is 0 Å². The van der Waals surface area contributed by atoms with Crippen LogP contribution in [0.2, 0.25) is 0 Å². The van der Waals surface area contributed by atoms with Gasteiger partial charge in [0.15, 0.2) is 0 Å². The van der Waals surface area contributed by atoms with E-state index in [4.69, 9.17) is 4.74 Å². The number of ether oxygens (including phenoxy) is 1. The molecule has 1 aromatic carbocycles. The summed E-state index contributed by atoms with van der Waals surface area (Å²) in [6.07, 6.45) is 6.69. The molecule has 0 bridgehead atoms. The summed E-state index contributed by atoms with van der Waals surface area (Å²) in [5.74, 6) is 0.213.